The molecular weight excluding hydrogens is 496 g/mol. The van der Waals surface area contributed by atoms with Crippen LogP contribution in [-0.4, -0.2) is 66.6 Å². The van der Waals surface area contributed by atoms with Gasteiger partial charge in [0.2, 0.25) is 5.96 Å². The molecule has 1 aromatic rings. The molecule has 2 N–H and O–H groups in total. The van der Waals surface area contributed by atoms with Crippen molar-refractivity contribution in [2.24, 2.45) is 22.7 Å². The van der Waals surface area contributed by atoms with Gasteiger partial charge in [0, 0.05) is 31.8 Å². The lowest BCUT2D eigenvalue weighted by Crippen LogP contribution is -2.41. The number of aliphatic hydroxyl groups is 1. The first-order chi connectivity index (χ1) is 19.4. The van der Waals surface area contributed by atoms with Crippen molar-refractivity contribution in [3.63, 3.8) is 0 Å². The lowest BCUT2D eigenvalue weighted by molar-refractivity contribution is -0.0352. The first-order valence-electron chi connectivity index (χ1n) is 15.7. The molecular formula is C34H54N4O2. The number of allylic oxidation sites excluding steroid dienone is 4. The van der Waals surface area contributed by atoms with E-state index in [2.05, 4.69) is 79.0 Å². The third kappa shape index (κ3) is 9.59. The Bertz CT molecular complexity index is 992. The molecule has 3 unspecified atom stereocenters. The summed E-state index contributed by atoms with van der Waals surface area (Å²) in [6.45, 7) is 12.0. The van der Waals surface area contributed by atoms with Gasteiger partial charge in [-0.2, -0.15) is 0 Å². The van der Waals surface area contributed by atoms with Crippen LogP contribution in [0.4, 0.5) is 0 Å². The number of guanidine groups is 1. The molecule has 0 aromatic heterocycles. The van der Waals surface area contributed by atoms with Crippen LogP contribution in [0.5, 0.6) is 5.75 Å². The standard InChI is InChI=1S/C34H54N4O2/c1-6-10-27(9-4)24-37(5)33(39)31-13-11-29(12-14-31)30-15-17-32(18-16-30)40-25-28-19-21-38(22-20-28)34(35)36-23-26(7-2)8-3/h7,11,15-18,23,27-28,31,33,35,39H,6,8-10,12-14,19-22,24-25H2,1-5H3/b26-7?,35-34?,36-23-. The maximum atomic E-state index is 11.0. The van der Waals surface area contributed by atoms with Gasteiger partial charge in [0.15, 0.2) is 0 Å². The van der Waals surface area contributed by atoms with E-state index in [1.807, 2.05) is 13.1 Å². The number of aliphatic hydroxyl groups excluding tert-OH is 1. The fraction of sp³-hybridized carbons (Fsp3) is 0.647. The Hall–Kier alpha value is -2.44. The third-order valence-corrected chi connectivity index (χ3v) is 8.90. The monoisotopic (exact) mass is 550 g/mol. The highest BCUT2D eigenvalue weighted by atomic mass is 16.5. The molecule has 0 spiro atoms. The number of hydrogen-bond donors (Lipinski definition) is 2. The summed E-state index contributed by atoms with van der Waals surface area (Å²) in [6, 6.07) is 8.54. The zero-order chi connectivity index (χ0) is 28.9. The number of rotatable bonds is 13. The van der Waals surface area contributed by atoms with Crippen LogP contribution in [0.3, 0.4) is 0 Å². The lowest BCUT2D eigenvalue weighted by atomic mass is 9.85. The minimum Gasteiger partial charge on any atom is -0.493 e. The highest BCUT2D eigenvalue weighted by Crippen LogP contribution is 2.33. The van der Waals surface area contributed by atoms with Crippen LogP contribution in [0.15, 0.2) is 47.0 Å². The zero-order valence-corrected chi connectivity index (χ0v) is 25.7. The largest absolute Gasteiger partial charge is 0.493 e. The van der Waals surface area contributed by atoms with E-state index in [0.717, 1.165) is 76.1 Å². The van der Waals surface area contributed by atoms with Crippen molar-refractivity contribution < 1.29 is 9.84 Å². The van der Waals surface area contributed by atoms with Crippen molar-refractivity contribution in [3.8, 4) is 5.75 Å². The molecule has 1 fully saturated rings. The van der Waals surface area contributed by atoms with Gasteiger partial charge in [0.25, 0.3) is 0 Å². The molecule has 0 radical (unpaired) electrons. The third-order valence-electron chi connectivity index (χ3n) is 8.90. The van der Waals surface area contributed by atoms with Gasteiger partial charge in [-0.25, -0.2) is 4.99 Å². The van der Waals surface area contributed by atoms with E-state index in [-0.39, 0.29) is 6.23 Å². The highest BCUT2D eigenvalue weighted by molar-refractivity contribution is 5.91. The molecule has 222 valence electrons. The summed E-state index contributed by atoms with van der Waals surface area (Å²) in [4.78, 5) is 8.60. The Balaban J connectivity index is 1.41. The first kappa shape index (κ1) is 32.1. The van der Waals surface area contributed by atoms with Crippen molar-refractivity contribution in [3.05, 3.63) is 47.6 Å². The van der Waals surface area contributed by atoms with Gasteiger partial charge in [0.1, 0.15) is 12.0 Å². The molecule has 3 atom stereocenters. The maximum Gasteiger partial charge on any atom is 0.217 e. The second-order valence-electron chi connectivity index (χ2n) is 11.7. The van der Waals surface area contributed by atoms with E-state index in [0.29, 0.717) is 23.7 Å². The van der Waals surface area contributed by atoms with Crippen LogP contribution in [-0.2, 0) is 0 Å². The molecule has 40 heavy (non-hydrogen) atoms. The minimum absolute atomic E-state index is 0.305. The number of aliphatic imine (C=N–C) groups is 1. The lowest BCUT2D eigenvalue weighted by Gasteiger charge is -2.34. The summed E-state index contributed by atoms with van der Waals surface area (Å²) in [5.74, 6) is 2.77. The number of ether oxygens (including phenoxy) is 1. The number of piperidine rings is 1. The molecule has 6 nitrogen and oxygen atoms in total. The van der Waals surface area contributed by atoms with Gasteiger partial charge in [-0.3, -0.25) is 10.3 Å². The Morgan fingerprint density at radius 1 is 1.18 bits per heavy atom. The zero-order valence-electron chi connectivity index (χ0n) is 25.7. The van der Waals surface area contributed by atoms with E-state index in [1.54, 1.807) is 0 Å². The van der Waals surface area contributed by atoms with E-state index in [1.165, 1.54) is 30.4 Å². The molecule has 0 bridgehead atoms. The molecule has 1 aliphatic heterocycles. The fourth-order valence-electron chi connectivity index (χ4n) is 5.98. The fourth-order valence-corrected chi connectivity index (χ4v) is 5.98. The van der Waals surface area contributed by atoms with Crippen LogP contribution in [0.2, 0.25) is 0 Å². The highest BCUT2D eigenvalue weighted by Gasteiger charge is 2.27. The number of likely N-dealkylation sites (tertiary alicyclic amines) is 1. The van der Waals surface area contributed by atoms with E-state index in [9.17, 15) is 5.11 Å². The normalized spacial score (nSPS) is 20.6. The molecule has 1 heterocycles. The second-order valence-corrected chi connectivity index (χ2v) is 11.7. The van der Waals surface area contributed by atoms with Gasteiger partial charge in [0.05, 0.1) is 6.61 Å². The molecule has 1 aromatic carbocycles. The van der Waals surface area contributed by atoms with E-state index in [4.69, 9.17) is 10.1 Å². The number of hydrogen-bond acceptors (Lipinski definition) is 4. The van der Waals surface area contributed by atoms with Crippen LogP contribution in [0.25, 0.3) is 5.57 Å². The number of nitrogens with one attached hydrogen (secondary N) is 1. The van der Waals surface area contributed by atoms with Gasteiger partial charge >= 0.3 is 0 Å². The first-order valence-corrected chi connectivity index (χ1v) is 15.7. The van der Waals surface area contributed by atoms with Crippen LogP contribution in [0, 0.1) is 23.2 Å². The van der Waals surface area contributed by atoms with Gasteiger partial charge in [-0.1, -0.05) is 57.9 Å². The van der Waals surface area contributed by atoms with Crippen molar-refractivity contribution >= 4 is 17.7 Å². The van der Waals surface area contributed by atoms with Gasteiger partial charge in [-0.05, 0) is 99.6 Å². The maximum absolute atomic E-state index is 11.0. The van der Waals surface area contributed by atoms with Crippen LogP contribution < -0.4 is 4.74 Å². The van der Waals surface area contributed by atoms with Crippen LogP contribution >= 0.6 is 0 Å². The molecule has 3 rings (SSSR count). The predicted octanol–water partition coefficient (Wildman–Crippen LogP) is 7.40. The smallest absolute Gasteiger partial charge is 0.217 e. The SMILES string of the molecule is CC=C(/C=N\C(=N)N1CCC(COc2ccc(C3=CCC(C(O)N(C)CC(CC)CCC)CC3)cc2)CC1)CC. The Kier molecular flexibility index (Phi) is 13.4. The number of benzene rings is 1. The summed E-state index contributed by atoms with van der Waals surface area (Å²) in [7, 11) is 2.08. The predicted molar refractivity (Wildman–Crippen MR) is 169 cm³/mol. The average molecular weight is 551 g/mol. The summed E-state index contributed by atoms with van der Waals surface area (Å²) < 4.78 is 6.16. The Labute approximate surface area is 243 Å². The van der Waals surface area contributed by atoms with E-state index >= 15 is 0 Å². The molecule has 0 amide bonds. The molecule has 0 saturated carbocycles. The molecule has 1 saturated heterocycles. The summed E-state index contributed by atoms with van der Waals surface area (Å²) in [5, 5.41) is 19.3. The van der Waals surface area contributed by atoms with Crippen molar-refractivity contribution in [2.75, 3.05) is 33.3 Å². The molecule has 1 aliphatic carbocycles. The quantitative estimate of drug-likeness (QED) is 0.152. The minimum atomic E-state index is -0.364. The Morgan fingerprint density at radius 3 is 2.48 bits per heavy atom. The Morgan fingerprint density at radius 2 is 1.90 bits per heavy atom. The summed E-state index contributed by atoms with van der Waals surface area (Å²) >= 11 is 0. The van der Waals surface area contributed by atoms with Crippen molar-refractivity contribution in [2.45, 2.75) is 91.7 Å². The molecule has 6 heteroatoms. The van der Waals surface area contributed by atoms with E-state index < -0.39 is 0 Å². The molecule has 2 aliphatic rings. The summed E-state index contributed by atoms with van der Waals surface area (Å²) in [6.07, 6.45) is 15.4. The topological polar surface area (TPSA) is 72.2 Å². The van der Waals surface area contributed by atoms with Crippen molar-refractivity contribution in [1.29, 1.82) is 5.41 Å². The average Bonchev–Trinajstić information content (AvgIpc) is 3.00. The van der Waals surface area contributed by atoms with Gasteiger partial charge < -0.3 is 14.7 Å². The number of nitrogens with zero attached hydrogens (tertiary/aromatic N) is 3. The van der Waals surface area contributed by atoms with Gasteiger partial charge in [-0.15, -0.1) is 0 Å². The van der Waals surface area contributed by atoms with Crippen molar-refractivity contribution in [1.82, 2.24) is 9.80 Å². The van der Waals surface area contributed by atoms with Crippen LogP contribution in [0.1, 0.15) is 91.0 Å². The summed E-state index contributed by atoms with van der Waals surface area (Å²) in [5.41, 5.74) is 3.81. The second kappa shape index (κ2) is 16.7.